The van der Waals surface area contributed by atoms with E-state index in [2.05, 4.69) is 0 Å². The second-order valence-corrected chi connectivity index (χ2v) is 6.95. The highest BCUT2D eigenvalue weighted by molar-refractivity contribution is 6.33. The molecule has 1 aliphatic rings. The summed E-state index contributed by atoms with van der Waals surface area (Å²) in [5.41, 5.74) is 3.24. The van der Waals surface area contributed by atoms with Crippen molar-refractivity contribution in [3.8, 4) is 5.75 Å². The Kier molecular flexibility index (Phi) is 5.31. The Morgan fingerprint density at radius 1 is 1.04 bits per heavy atom. The fraction of sp³-hybridized carbons (Fsp3) is 0.174. The highest BCUT2D eigenvalue weighted by atomic mass is 35.5. The van der Waals surface area contributed by atoms with E-state index in [9.17, 15) is 4.39 Å². The van der Waals surface area contributed by atoms with Crippen molar-refractivity contribution < 1.29 is 9.13 Å². The maximum Gasteiger partial charge on any atom is 0.128 e. The smallest absolute Gasteiger partial charge is 0.128 e. The highest BCUT2D eigenvalue weighted by Gasteiger charge is 2.32. The summed E-state index contributed by atoms with van der Waals surface area (Å²) < 4.78 is 20.1. The molecule has 1 atom stereocenters. The fourth-order valence-electron chi connectivity index (χ4n) is 3.44. The molecular weight excluding hydrogens is 375 g/mol. The van der Waals surface area contributed by atoms with Gasteiger partial charge in [-0.15, -0.1) is 0 Å². The fourth-order valence-corrected chi connectivity index (χ4v) is 3.66. The summed E-state index contributed by atoms with van der Waals surface area (Å²) in [6, 6.07) is 21.9. The predicted octanol–water partition coefficient (Wildman–Crippen LogP) is 6.23. The van der Waals surface area contributed by atoms with Crippen LogP contribution in [0.2, 0.25) is 5.02 Å². The number of benzene rings is 3. The molecular formula is C23H20ClFN2O. The number of hydrogen-bond donors (Lipinski definition) is 0. The van der Waals surface area contributed by atoms with E-state index in [0.29, 0.717) is 23.6 Å². The summed E-state index contributed by atoms with van der Waals surface area (Å²) in [7, 11) is 0. The van der Waals surface area contributed by atoms with Crippen LogP contribution in [0.25, 0.3) is 0 Å². The van der Waals surface area contributed by atoms with Gasteiger partial charge in [0.05, 0.1) is 29.1 Å². The summed E-state index contributed by atoms with van der Waals surface area (Å²) in [6.45, 7) is 2.57. The van der Waals surface area contributed by atoms with Crippen LogP contribution in [0.4, 0.5) is 10.1 Å². The summed E-state index contributed by atoms with van der Waals surface area (Å²) in [6.07, 6.45) is 0.583. The molecule has 3 aromatic rings. The number of hydrazone groups is 1. The van der Waals surface area contributed by atoms with E-state index in [1.807, 2.05) is 66.5 Å². The molecule has 3 aromatic carbocycles. The minimum absolute atomic E-state index is 0.243. The van der Waals surface area contributed by atoms with Crippen LogP contribution in [0.15, 0.2) is 77.9 Å². The molecule has 0 unspecified atom stereocenters. The quantitative estimate of drug-likeness (QED) is 0.512. The molecule has 0 bridgehead atoms. The Labute approximate surface area is 169 Å². The van der Waals surface area contributed by atoms with Crippen molar-refractivity contribution in [2.45, 2.75) is 19.4 Å². The molecule has 0 fully saturated rings. The zero-order chi connectivity index (χ0) is 19.5. The van der Waals surface area contributed by atoms with E-state index in [0.717, 1.165) is 22.7 Å². The number of rotatable bonds is 5. The van der Waals surface area contributed by atoms with Crippen molar-refractivity contribution in [1.82, 2.24) is 0 Å². The lowest BCUT2D eigenvalue weighted by Crippen LogP contribution is -2.19. The van der Waals surface area contributed by atoms with Gasteiger partial charge in [0.25, 0.3) is 0 Å². The molecule has 0 aliphatic carbocycles. The standard InChI is InChI=1S/C23H20ClFN2O/c1-2-28-17-13-11-16(12-14-17)21-15-23(18-7-3-5-9-20(18)25)27(26-21)22-10-6-4-8-19(22)24/h3-14,23H,2,15H2,1H3/t23-/m0/s1. The predicted molar refractivity (Wildman–Crippen MR) is 112 cm³/mol. The van der Waals surface area contributed by atoms with Crippen molar-refractivity contribution in [1.29, 1.82) is 0 Å². The molecule has 0 N–H and O–H groups in total. The molecule has 1 aliphatic heterocycles. The largest absolute Gasteiger partial charge is 0.494 e. The van der Waals surface area contributed by atoms with Gasteiger partial charge in [0.2, 0.25) is 0 Å². The summed E-state index contributed by atoms with van der Waals surface area (Å²) in [5, 5.41) is 7.23. The Balaban J connectivity index is 1.74. The van der Waals surface area contributed by atoms with Crippen molar-refractivity contribution >= 4 is 23.0 Å². The third-order valence-corrected chi connectivity index (χ3v) is 5.09. The highest BCUT2D eigenvalue weighted by Crippen LogP contribution is 2.40. The zero-order valence-corrected chi connectivity index (χ0v) is 16.2. The first-order valence-corrected chi connectivity index (χ1v) is 9.64. The van der Waals surface area contributed by atoms with Gasteiger partial charge in [-0.3, -0.25) is 5.01 Å². The van der Waals surface area contributed by atoms with E-state index in [1.54, 1.807) is 12.1 Å². The Morgan fingerprint density at radius 2 is 1.75 bits per heavy atom. The van der Waals surface area contributed by atoms with Crippen LogP contribution in [-0.4, -0.2) is 12.3 Å². The van der Waals surface area contributed by atoms with Crippen LogP contribution >= 0.6 is 11.6 Å². The monoisotopic (exact) mass is 394 g/mol. The third kappa shape index (κ3) is 3.60. The second-order valence-electron chi connectivity index (χ2n) is 6.54. The van der Waals surface area contributed by atoms with Gasteiger partial charge in [0.1, 0.15) is 11.6 Å². The van der Waals surface area contributed by atoms with Crippen LogP contribution in [-0.2, 0) is 0 Å². The molecule has 28 heavy (non-hydrogen) atoms. The second kappa shape index (κ2) is 8.03. The van der Waals surface area contributed by atoms with Gasteiger partial charge < -0.3 is 4.74 Å². The van der Waals surface area contributed by atoms with Crippen LogP contribution in [0.1, 0.15) is 30.5 Å². The first-order valence-electron chi connectivity index (χ1n) is 9.26. The molecule has 0 aromatic heterocycles. The molecule has 5 heteroatoms. The molecule has 4 rings (SSSR count). The minimum atomic E-state index is -0.261. The minimum Gasteiger partial charge on any atom is -0.494 e. The number of nitrogens with zero attached hydrogens (tertiary/aromatic N) is 2. The van der Waals surface area contributed by atoms with Gasteiger partial charge in [0, 0.05) is 12.0 Å². The lowest BCUT2D eigenvalue weighted by atomic mass is 9.97. The average Bonchev–Trinajstić information content (AvgIpc) is 3.14. The maximum atomic E-state index is 14.6. The lowest BCUT2D eigenvalue weighted by molar-refractivity contribution is 0.340. The van der Waals surface area contributed by atoms with Crippen molar-refractivity contribution in [3.05, 3.63) is 94.8 Å². The zero-order valence-electron chi connectivity index (χ0n) is 15.5. The van der Waals surface area contributed by atoms with E-state index in [-0.39, 0.29) is 11.9 Å². The SMILES string of the molecule is CCOc1ccc(C2=NN(c3ccccc3Cl)[C@H](c3ccccc3F)C2)cc1. The van der Waals surface area contributed by atoms with E-state index in [4.69, 9.17) is 21.4 Å². The number of anilines is 1. The first-order chi connectivity index (χ1) is 13.7. The van der Waals surface area contributed by atoms with Crippen molar-refractivity contribution in [3.63, 3.8) is 0 Å². The molecule has 0 radical (unpaired) electrons. The van der Waals surface area contributed by atoms with Crippen LogP contribution < -0.4 is 9.75 Å². The van der Waals surface area contributed by atoms with E-state index < -0.39 is 0 Å². The lowest BCUT2D eigenvalue weighted by Gasteiger charge is -2.25. The van der Waals surface area contributed by atoms with Crippen molar-refractivity contribution in [2.75, 3.05) is 11.6 Å². The van der Waals surface area contributed by atoms with Crippen LogP contribution in [0.5, 0.6) is 5.75 Å². The summed E-state index contributed by atoms with van der Waals surface area (Å²) >= 11 is 6.42. The Hall–Kier alpha value is -2.85. The van der Waals surface area contributed by atoms with Gasteiger partial charge in [-0.05, 0) is 55.0 Å². The summed E-state index contributed by atoms with van der Waals surface area (Å²) in [5.74, 6) is 0.575. The molecule has 3 nitrogen and oxygen atoms in total. The van der Waals surface area contributed by atoms with Gasteiger partial charge in [-0.1, -0.05) is 41.9 Å². The van der Waals surface area contributed by atoms with E-state index in [1.165, 1.54) is 6.07 Å². The normalized spacial score (nSPS) is 16.2. The van der Waals surface area contributed by atoms with Gasteiger partial charge in [0.15, 0.2) is 0 Å². The Morgan fingerprint density at radius 3 is 2.46 bits per heavy atom. The van der Waals surface area contributed by atoms with Gasteiger partial charge in [-0.25, -0.2) is 4.39 Å². The third-order valence-electron chi connectivity index (χ3n) is 4.77. The van der Waals surface area contributed by atoms with E-state index >= 15 is 0 Å². The molecule has 1 heterocycles. The molecule has 0 saturated heterocycles. The average molecular weight is 395 g/mol. The van der Waals surface area contributed by atoms with Crippen LogP contribution in [0.3, 0.4) is 0 Å². The Bertz CT molecular complexity index is 1000. The van der Waals surface area contributed by atoms with Gasteiger partial charge >= 0.3 is 0 Å². The molecule has 142 valence electrons. The first kappa shape index (κ1) is 18.5. The maximum absolute atomic E-state index is 14.6. The van der Waals surface area contributed by atoms with Crippen molar-refractivity contribution in [2.24, 2.45) is 5.10 Å². The van der Waals surface area contributed by atoms with Gasteiger partial charge in [-0.2, -0.15) is 5.10 Å². The number of ether oxygens (including phenoxy) is 1. The van der Waals surface area contributed by atoms with Crippen LogP contribution in [0, 0.1) is 5.82 Å². The molecule has 0 amide bonds. The number of hydrogen-bond acceptors (Lipinski definition) is 3. The molecule has 0 spiro atoms. The number of para-hydroxylation sites is 1. The topological polar surface area (TPSA) is 24.8 Å². The molecule has 0 saturated carbocycles. The number of halogens is 2. The summed E-state index contributed by atoms with van der Waals surface area (Å²) in [4.78, 5) is 0.